The number of β-lactam (4-membered cyclic amide) rings is 1. The van der Waals surface area contributed by atoms with Crippen LogP contribution in [-0.4, -0.2) is 40.3 Å². The molecular weight excluding hydrogens is 332 g/mol. The fraction of sp³-hybridized carbons (Fsp3) is 0.500. The van der Waals surface area contributed by atoms with Gasteiger partial charge in [0.05, 0.1) is 16.4 Å². The lowest BCUT2D eigenvalue weighted by Gasteiger charge is -2.48. The highest BCUT2D eigenvalue weighted by Gasteiger charge is 2.53. The molecule has 1 aliphatic rings. The van der Waals surface area contributed by atoms with Crippen LogP contribution in [0.1, 0.15) is 25.8 Å². The first-order chi connectivity index (χ1) is 11.8. The normalized spacial score (nSPS) is 23.2. The Labute approximate surface area is 144 Å². The van der Waals surface area contributed by atoms with E-state index in [0.29, 0.717) is 12.0 Å². The van der Waals surface area contributed by atoms with Gasteiger partial charge in [0.25, 0.3) is 5.69 Å². The SMILES string of the molecule is CC(OC(=O)OCc1ccc([N+](=O)[O-])cc1)[C@H]1C(=O)N[C@]1(C)CCO. The first-order valence-electron chi connectivity index (χ1n) is 7.76. The lowest BCUT2D eigenvalue weighted by molar-refractivity contribution is -0.384. The summed E-state index contributed by atoms with van der Waals surface area (Å²) in [5.74, 6) is -0.807. The molecule has 0 aromatic heterocycles. The second kappa shape index (κ2) is 7.47. The van der Waals surface area contributed by atoms with Crippen molar-refractivity contribution in [3.05, 3.63) is 39.9 Å². The second-order valence-corrected chi connectivity index (χ2v) is 6.14. The summed E-state index contributed by atoms with van der Waals surface area (Å²) >= 11 is 0. The van der Waals surface area contributed by atoms with Gasteiger partial charge in [0.1, 0.15) is 12.7 Å². The minimum atomic E-state index is -0.933. The van der Waals surface area contributed by atoms with Gasteiger partial charge in [-0.3, -0.25) is 14.9 Å². The molecule has 1 unspecified atom stereocenters. The molecule has 1 aromatic rings. The molecule has 3 atom stereocenters. The maximum absolute atomic E-state index is 11.8. The fourth-order valence-electron chi connectivity index (χ4n) is 2.94. The number of aliphatic hydroxyl groups excluding tert-OH is 1. The van der Waals surface area contributed by atoms with Crippen LogP contribution in [-0.2, 0) is 20.9 Å². The zero-order valence-electron chi connectivity index (χ0n) is 13.9. The molecule has 9 heteroatoms. The molecule has 1 saturated heterocycles. The third-order valence-electron chi connectivity index (χ3n) is 4.26. The Morgan fingerprint density at radius 1 is 1.44 bits per heavy atom. The van der Waals surface area contributed by atoms with Gasteiger partial charge in [-0.05, 0) is 38.0 Å². The van der Waals surface area contributed by atoms with Gasteiger partial charge in [0.2, 0.25) is 5.91 Å². The molecular formula is C16H20N2O7. The average Bonchev–Trinajstić information content (AvgIpc) is 2.52. The zero-order chi connectivity index (χ0) is 18.6. The van der Waals surface area contributed by atoms with Crippen LogP contribution < -0.4 is 5.32 Å². The molecule has 25 heavy (non-hydrogen) atoms. The maximum Gasteiger partial charge on any atom is 0.508 e. The van der Waals surface area contributed by atoms with Crippen molar-refractivity contribution < 1.29 is 29.1 Å². The minimum Gasteiger partial charge on any atom is -0.430 e. The van der Waals surface area contributed by atoms with Crippen molar-refractivity contribution in [2.24, 2.45) is 5.92 Å². The maximum atomic E-state index is 11.8. The Hall–Kier alpha value is -2.68. The monoisotopic (exact) mass is 352 g/mol. The molecule has 2 rings (SSSR count). The Morgan fingerprint density at radius 3 is 2.60 bits per heavy atom. The number of benzene rings is 1. The van der Waals surface area contributed by atoms with Crippen LogP contribution in [0.2, 0.25) is 0 Å². The van der Waals surface area contributed by atoms with Crippen LogP contribution in [0.4, 0.5) is 10.5 Å². The van der Waals surface area contributed by atoms with E-state index in [1.807, 2.05) is 0 Å². The van der Waals surface area contributed by atoms with E-state index in [1.54, 1.807) is 13.8 Å². The molecule has 1 aliphatic heterocycles. The number of nitro benzene ring substituents is 1. The van der Waals surface area contributed by atoms with Crippen molar-refractivity contribution in [2.45, 2.75) is 38.5 Å². The van der Waals surface area contributed by atoms with E-state index in [2.05, 4.69) is 5.32 Å². The first-order valence-corrected chi connectivity index (χ1v) is 7.76. The molecule has 0 spiro atoms. The topological polar surface area (TPSA) is 128 Å². The number of nitro groups is 1. The van der Waals surface area contributed by atoms with Gasteiger partial charge in [-0.25, -0.2) is 4.79 Å². The van der Waals surface area contributed by atoms with E-state index in [4.69, 9.17) is 14.6 Å². The van der Waals surface area contributed by atoms with Gasteiger partial charge in [-0.2, -0.15) is 0 Å². The van der Waals surface area contributed by atoms with E-state index in [-0.39, 0.29) is 24.8 Å². The summed E-state index contributed by atoms with van der Waals surface area (Å²) in [6, 6.07) is 5.58. The van der Waals surface area contributed by atoms with Crippen LogP contribution in [0.5, 0.6) is 0 Å². The number of carbonyl (C=O) groups is 2. The van der Waals surface area contributed by atoms with Crippen LogP contribution in [0.3, 0.4) is 0 Å². The summed E-state index contributed by atoms with van der Waals surface area (Å²) in [7, 11) is 0. The zero-order valence-corrected chi connectivity index (χ0v) is 13.9. The first kappa shape index (κ1) is 18.7. The molecule has 1 fully saturated rings. The number of hydrogen-bond acceptors (Lipinski definition) is 7. The summed E-state index contributed by atoms with van der Waals surface area (Å²) in [4.78, 5) is 33.6. The molecule has 136 valence electrons. The number of aliphatic hydroxyl groups is 1. The molecule has 1 aromatic carbocycles. The summed E-state index contributed by atoms with van der Waals surface area (Å²) in [5, 5.41) is 22.4. The highest BCUT2D eigenvalue weighted by molar-refractivity contribution is 5.88. The van der Waals surface area contributed by atoms with Crippen LogP contribution in [0.15, 0.2) is 24.3 Å². The van der Waals surface area contributed by atoms with Crippen LogP contribution >= 0.6 is 0 Å². The number of amides is 1. The summed E-state index contributed by atoms with van der Waals surface area (Å²) in [6.07, 6.45) is -1.29. The van der Waals surface area contributed by atoms with Crippen LogP contribution in [0.25, 0.3) is 0 Å². The van der Waals surface area contributed by atoms with Crippen molar-refractivity contribution in [3.8, 4) is 0 Å². The molecule has 0 aliphatic carbocycles. The molecule has 0 bridgehead atoms. The number of rotatable bonds is 7. The third-order valence-corrected chi connectivity index (χ3v) is 4.26. The van der Waals surface area contributed by atoms with Crippen molar-refractivity contribution in [2.75, 3.05) is 6.61 Å². The lowest BCUT2D eigenvalue weighted by Crippen LogP contribution is -2.71. The highest BCUT2D eigenvalue weighted by Crippen LogP contribution is 2.34. The average molecular weight is 352 g/mol. The third kappa shape index (κ3) is 4.24. The Morgan fingerprint density at radius 2 is 2.08 bits per heavy atom. The smallest absolute Gasteiger partial charge is 0.430 e. The predicted molar refractivity (Wildman–Crippen MR) is 85.6 cm³/mol. The van der Waals surface area contributed by atoms with Crippen LogP contribution in [0, 0.1) is 16.0 Å². The van der Waals surface area contributed by atoms with Crippen molar-refractivity contribution in [3.63, 3.8) is 0 Å². The molecule has 2 N–H and O–H groups in total. The van der Waals surface area contributed by atoms with Gasteiger partial charge in [0.15, 0.2) is 0 Å². The van der Waals surface area contributed by atoms with E-state index >= 15 is 0 Å². The summed E-state index contributed by atoms with van der Waals surface area (Å²) < 4.78 is 10.1. The fourth-order valence-corrected chi connectivity index (χ4v) is 2.94. The second-order valence-electron chi connectivity index (χ2n) is 6.14. The van der Waals surface area contributed by atoms with E-state index < -0.39 is 28.6 Å². The molecule has 0 saturated carbocycles. The van der Waals surface area contributed by atoms with Gasteiger partial charge in [-0.15, -0.1) is 0 Å². The van der Waals surface area contributed by atoms with Gasteiger partial charge < -0.3 is 19.9 Å². The lowest BCUT2D eigenvalue weighted by atomic mass is 9.72. The number of ether oxygens (including phenoxy) is 2. The summed E-state index contributed by atoms with van der Waals surface area (Å²) in [6.45, 7) is 3.17. The van der Waals surface area contributed by atoms with E-state index in [1.165, 1.54) is 24.3 Å². The Bertz CT molecular complexity index is 661. The largest absolute Gasteiger partial charge is 0.508 e. The highest BCUT2D eigenvalue weighted by atomic mass is 16.7. The van der Waals surface area contributed by atoms with Crippen molar-refractivity contribution in [1.29, 1.82) is 0 Å². The van der Waals surface area contributed by atoms with Crippen molar-refractivity contribution >= 4 is 17.7 Å². The van der Waals surface area contributed by atoms with E-state index in [0.717, 1.165) is 0 Å². The minimum absolute atomic E-state index is 0.0564. The number of nitrogens with one attached hydrogen (secondary N) is 1. The molecule has 1 amide bonds. The van der Waals surface area contributed by atoms with E-state index in [9.17, 15) is 19.7 Å². The van der Waals surface area contributed by atoms with Crippen molar-refractivity contribution in [1.82, 2.24) is 5.32 Å². The van der Waals surface area contributed by atoms with Gasteiger partial charge >= 0.3 is 6.16 Å². The Balaban J connectivity index is 1.85. The molecule has 0 radical (unpaired) electrons. The number of non-ortho nitro benzene ring substituents is 1. The predicted octanol–water partition coefficient (Wildman–Crippen LogP) is 1.52. The summed E-state index contributed by atoms with van der Waals surface area (Å²) in [5.41, 5.74) is -0.106. The Kier molecular flexibility index (Phi) is 5.58. The standard InChI is InChI=1S/C16H20N2O7/c1-10(13-14(20)17-16(13,2)7-8-19)25-15(21)24-9-11-3-5-12(6-4-11)18(22)23/h3-6,10,13,19H,7-9H2,1-2H3,(H,17,20)/t10?,13-,16+/m0/s1. The molecule has 1 heterocycles. The quantitative estimate of drug-likeness (QED) is 0.329. The molecule has 9 nitrogen and oxygen atoms in total. The van der Waals surface area contributed by atoms with Gasteiger partial charge in [0, 0.05) is 18.7 Å². The number of carbonyl (C=O) groups excluding carboxylic acids is 2. The van der Waals surface area contributed by atoms with Gasteiger partial charge in [-0.1, -0.05) is 0 Å². The number of hydrogen-bond donors (Lipinski definition) is 2. The number of nitrogens with zero attached hydrogens (tertiary/aromatic N) is 1.